The number of hydrogen-bond acceptors (Lipinski definition) is 1. The summed E-state index contributed by atoms with van der Waals surface area (Å²) in [5, 5.41) is 7.30. The molecule has 1 atom stereocenters. The Bertz CT molecular complexity index is 623. The molecule has 0 fully saturated rings. The molecule has 0 aliphatic rings. The Labute approximate surface area is 151 Å². The Morgan fingerprint density at radius 1 is 1.00 bits per heavy atom. The maximum absolute atomic E-state index is 5.44. The molecule has 0 radical (unpaired) electrons. The van der Waals surface area contributed by atoms with Gasteiger partial charge in [0.15, 0.2) is 5.11 Å². The zero-order chi connectivity index (χ0) is 17.4. The molecule has 3 N–H and O–H groups in total. The van der Waals surface area contributed by atoms with E-state index in [-0.39, 0.29) is 0 Å². The van der Waals surface area contributed by atoms with Gasteiger partial charge in [0.2, 0.25) is 0 Å². The van der Waals surface area contributed by atoms with E-state index in [0.29, 0.717) is 11.2 Å². The molecule has 3 nitrogen and oxygen atoms in total. The highest BCUT2D eigenvalue weighted by molar-refractivity contribution is 7.80. The quantitative estimate of drug-likeness (QED) is 0.674. The van der Waals surface area contributed by atoms with Crippen molar-refractivity contribution in [1.82, 2.24) is 5.32 Å². The predicted octanol–water partition coefficient (Wildman–Crippen LogP) is 2.29. The van der Waals surface area contributed by atoms with Gasteiger partial charge in [0.25, 0.3) is 0 Å². The normalized spacial score (nSPS) is 12.0. The number of aryl methyl sites for hydroxylation is 1. The largest absolute Gasteiger partial charge is 0.356 e. The SMILES string of the molecule is CCc1ccc(NC(=S)NC[C@H](Cc2ccccc2)[NH+](C)C)cc1. The molecule has 128 valence electrons. The van der Waals surface area contributed by atoms with Crippen molar-refractivity contribution in [2.24, 2.45) is 0 Å². The second kappa shape index (κ2) is 9.40. The molecule has 24 heavy (non-hydrogen) atoms. The molecule has 0 bridgehead atoms. The highest BCUT2D eigenvalue weighted by Crippen LogP contribution is 2.09. The first-order valence-corrected chi connectivity index (χ1v) is 8.97. The molecular formula is C20H28N3S+. The number of rotatable bonds is 7. The number of thiocarbonyl (C=S) groups is 1. The Kier molecular flexibility index (Phi) is 7.22. The van der Waals surface area contributed by atoms with E-state index in [1.54, 1.807) is 0 Å². The molecule has 0 amide bonds. The van der Waals surface area contributed by atoms with E-state index in [1.165, 1.54) is 16.0 Å². The Balaban J connectivity index is 1.85. The van der Waals surface area contributed by atoms with Gasteiger partial charge in [-0.2, -0.15) is 0 Å². The van der Waals surface area contributed by atoms with Crippen molar-refractivity contribution in [3.63, 3.8) is 0 Å². The van der Waals surface area contributed by atoms with E-state index >= 15 is 0 Å². The maximum Gasteiger partial charge on any atom is 0.170 e. The van der Waals surface area contributed by atoms with Crippen LogP contribution in [0.5, 0.6) is 0 Å². The molecule has 0 aliphatic heterocycles. The maximum atomic E-state index is 5.44. The summed E-state index contributed by atoms with van der Waals surface area (Å²) in [7, 11) is 4.38. The highest BCUT2D eigenvalue weighted by Gasteiger charge is 2.16. The summed E-state index contributed by atoms with van der Waals surface area (Å²) >= 11 is 5.44. The van der Waals surface area contributed by atoms with Gasteiger partial charge in [0.1, 0.15) is 6.04 Å². The van der Waals surface area contributed by atoms with Crippen LogP contribution in [0.2, 0.25) is 0 Å². The van der Waals surface area contributed by atoms with E-state index in [2.05, 4.69) is 86.2 Å². The minimum Gasteiger partial charge on any atom is -0.356 e. The number of benzene rings is 2. The smallest absolute Gasteiger partial charge is 0.170 e. The second-order valence-electron chi connectivity index (χ2n) is 6.35. The van der Waals surface area contributed by atoms with Gasteiger partial charge in [-0.15, -0.1) is 0 Å². The lowest BCUT2D eigenvalue weighted by Gasteiger charge is -2.23. The fourth-order valence-electron chi connectivity index (χ4n) is 2.59. The summed E-state index contributed by atoms with van der Waals surface area (Å²) in [6.07, 6.45) is 2.08. The fraction of sp³-hybridized carbons (Fsp3) is 0.350. The van der Waals surface area contributed by atoms with Crippen LogP contribution < -0.4 is 15.5 Å². The van der Waals surface area contributed by atoms with Crippen molar-refractivity contribution in [2.45, 2.75) is 25.8 Å². The van der Waals surface area contributed by atoms with Gasteiger partial charge < -0.3 is 15.5 Å². The van der Waals surface area contributed by atoms with E-state index in [1.807, 2.05) is 0 Å². The van der Waals surface area contributed by atoms with Crippen LogP contribution in [0, 0.1) is 0 Å². The number of quaternary nitrogens is 1. The minimum absolute atomic E-state index is 0.467. The van der Waals surface area contributed by atoms with E-state index in [0.717, 1.165) is 25.1 Å². The van der Waals surface area contributed by atoms with Crippen LogP contribution in [0.3, 0.4) is 0 Å². The van der Waals surface area contributed by atoms with Gasteiger partial charge in [-0.05, 0) is 41.9 Å². The lowest BCUT2D eigenvalue weighted by Crippen LogP contribution is -3.11. The van der Waals surface area contributed by atoms with Gasteiger partial charge in [0, 0.05) is 12.1 Å². The summed E-state index contributed by atoms with van der Waals surface area (Å²) < 4.78 is 0. The lowest BCUT2D eigenvalue weighted by molar-refractivity contribution is -0.884. The van der Waals surface area contributed by atoms with Crippen molar-refractivity contribution in [3.8, 4) is 0 Å². The van der Waals surface area contributed by atoms with Crippen molar-refractivity contribution in [3.05, 3.63) is 65.7 Å². The van der Waals surface area contributed by atoms with Gasteiger partial charge in [-0.25, -0.2) is 0 Å². The molecule has 0 aromatic heterocycles. The average molecular weight is 343 g/mol. The Hall–Kier alpha value is -1.91. The molecule has 0 spiro atoms. The summed E-state index contributed by atoms with van der Waals surface area (Å²) in [6.45, 7) is 3.00. The Morgan fingerprint density at radius 2 is 1.67 bits per heavy atom. The van der Waals surface area contributed by atoms with Crippen LogP contribution >= 0.6 is 12.2 Å². The third kappa shape index (κ3) is 5.95. The van der Waals surface area contributed by atoms with Crippen LogP contribution in [0.4, 0.5) is 5.69 Å². The molecule has 2 aromatic rings. The molecule has 0 saturated heterocycles. The van der Waals surface area contributed by atoms with Crippen LogP contribution in [0.15, 0.2) is 54.6 Å². The summed E-state index contributed by atoms with van der Waals surface area (Å²) in [5.74, 6) is 0. The Morgan fingerprint density at radius 3 is 2.25 bits per heavy atom. The van der Waals surface area contributed by atoms with Gasteiger partial charge in [-0.3, -0.25) is 0 Å². The molecule has 0 unspecified atom stereocenters. The van der Waals surface area contributed by atoms with Crippen LogP contribution in [-0.2, 0) is 12.8 Å². The van der Waals surface area contributed by atoms with Crippen molar-refractivity contribution in [1.29, 1.82) is 0 Å². The van der Waals surface area contributed by atoms with Gasteiger partial charge in [-0.1, -0.05) is 49.4 Å². The number of anilines is 1. The van der Waals surface area contributed by atoms with Crippen LogP contribution in [-0.4, -0.2) is 31.8 Å². The topological polar surface area (TPSA) is 28.5 Å². The first-order chi connectivity index (χ1) is 11.6. The first-order valence-electron chi connectivity index (χ1n) is 8.56. The number of nitrogens with one attached hydrogen (secondary N) is 3. The monoisotopic (exact) mass is 342 g/mol. The van der Waals surface area contributed by atoms with Gasteiger partial charge in [0.05, 0.1) is 20.6 Å². The molecule has 2 aromatic carbocycles. The second-order valence-corrected chi connectivity index (χ2v) is 6.76. The van der Waals surface area contributed by atoms with E-state index in [9.17, 15) is 0 Å². The molecular weight excluding hydrogens is 314 g/mol. The highest BCUT2D eigenvalue weighted by atomic mass is 32.1. The third-order valence-corrected chi connectivity index (χ3v) is 4.52. The fourth-order valence-corrected chi connectivity index (χ4v) is 2.80. The average Bonchev–Trinajstić information content (AvgIpc) is 2.60. The molecule has 0 aliphatic carbocycles. The lowest BCUT2D eigenvalue weighted by atomic mass is 10.1. The van der Waals surface area contributed by atoms with Gasteiger partial charge >= 0.3 is 0 Å². The first kappa shape index (κ1) is 18.4. The molecule has 0 saturated carbocycles. The third-order valence-electron chi connectivity index (χ3n) is 4.27. The number of likely N-dealkylation sites (N-methyl/N-ethyl adjacent to an activating group) is 1. The van der Waals surface area contributed by atoms with Crippen molar-refractivity contribution in [2.75, 3.05) is 26.0 Å². The molecule has 4 heteroatoms. The summed E-state index contributed by atoms with van der Waals surface area (Å²) in [6, 6.07) is 19.5. The molecule has 0 heterocycles. The van der Waals surface area contributed by atoms with E-state index < -0.39 is 0 Å². The van der Waals surface area contributed by atoms with E-state index in [4.69, 9.17) is 12.2 Å². The van der Waals surface area contributed by atoms with Crippen molar-refractivity contribution >= 4 is 23.0 Å². The number of hydrogen-bond donors (Lipinski definition) is 3. The van der Waals surface area contributed by atoms with Crippen LogP contribution in [0.25, 0.3) is 0 Å². The molecule has 2 rings (SSSR count). The van der Waals surface area contributed by atoms with Crippen molar-refractivity contribution < 1.29 is 4.90 Å². The summed E-state index contributed by atoms with van der Waals surface area (Å²) in [5.41, 5.74) is 3.72. The minimum atomic E-state index is 0.467. The van der Waals surface area contributed by atoms with Crippen LogP contribution in [0.1, 0.15) is 18.1 Å². The summed E-state index contributed by atoms with van der Waals surface area (Å²) in [4.78, 5) is 1.42. The zero-order valence-corrected chi connectivity index (χ0v) is 15.6. The standard InChI is InChI=1S/C20H27N3S/c1-4-16-10-12-18(13-11-16)22-20(24)21-15-19(23(2)3)14-17-8-6-5-7-9-17/h5-13,19H,4,14-15H2,1-3H3,(H2,21,22,24)/p+1/t19-/m0/s1. The predicted molar refractivity (Wildman–Crippen MR) is 107 cm³/mol. The zero-order valence-electron chi connectivity index (χ0n) is 14.8.